The Morgan fingerprint density at radius 1 is 0.955 bits per heavy atom. The number of carbonyl (C=O) groups excluding carboxylic acids is 1. The molecule has 0 bridgehead atoms. The molecule has 0 saturated carbocycles. The third kappa shape index (κ3) is 5.16. The van der Waals surface area contributed by atoms with Crippen molar-refractivity contribution in [3.05, 3.63) is 0 Å². The lowest BCUT2D eigenvalue weighted by Crippen LogP contribution is -2.48. The second-order valence-corrected chi connectivity index (χ2v) is 13.6. The summed E-state index contributed by atoms with van der Waals surface area (Å²) in [6.45, 7) is 10.5. The van der Waals surface area contributed by atoms with Gasteiger partial charge in [-0.2, -0.15) is 0 Å². The van der Waals surface area contributed by atoms with E-state index in [0.29, 0.717) is 11.6 Å². The summed E-state index contributed by atoms with van der Waals surface area (Å²) in [6, 6.07) is 2.35. The van der Waals surface area contributed by atoms with Crippen molar-refractivity contribution in [3.8, 4) is 0 Å². The minimum atomic E-state index is -2.76. The van der Waals surface area contributed by atoms with Gasteiger partial charge in [0.2, 0.25) is 0 Å². The number of carbonyl (C=O) groups is 1. The van der Waals surface area contributed by atoms with Gasteiger partial charge in [-0.1, -0.05) is 41.0 Å². The van der Waals surface area contributed by atoms with Gasteiger partial charge in [-0.25, -0.2) is 0 Å². The fraction of sp³-hybridized carbons (Fsp3) is 0.933. The highest BCUT2D eigenvalue weighted by atomic mass is 28.4. The van der Waals surface area contributed by atoms with Crippen LogP contribution in [-0.2, 0) is 22.5 Å². The van der Waals surface area contributed by atoms with Crippen molar-refractivity contribution in [1.29, 1.82) is 0 Å². The highest BCUT2D eigenvalue weighted by Gasteiger charge is 2.45. The van der Waals surface area contributed by atoms with Gasteiger partial charge >= 0.3 is 8.80 Å². The Labute approximate surface area is 138 Å². The molecule has 132 valence electrons. The fourth-order valence-electron chi connectivity index (χ4n) is 2.82. The molecule has 7 heteroatoms. The SMILES string of the molecule is CCC(C)[Si](CC)(CC)OC(=O)C(C)C[Si](OC)(OC)OC. The molecule has 5 nitrogen and oxygen atoms in total. The van der Waals surface area contributed by atoms with E-state index in [9.17, 15) is 4.79 Å². The van der Waals surface area contributed by atoms with Crippen molar-refractivity contribution in [3.63, 3.8) is 0 Å². The van der Waals surface area contributed by atoms with E-state index >= 15 is 0 Å². The normalized spacial score (nSPS) is 15.5. The molecule has 0 aliphatic carbocycles. The zero-order valence-corrected chi connectivity index (χ0v) is 17.5. The zero-order chi connectivity index (χ0) is 17.4. The molecule has 0 radical (unpaired) electrons. The number of rotatable bonds is 11. The van der Waals surface area contributed by atoms with Gasteiger partial charge < -0.3 is 17.7 Å². The molecular weight excluding hydrogens is 316 g/mol. The summed E-state index contributed by atoms with van der Waals surface area (Å²) in [6.07, 6.45) is 1.04. The van der Waals surface area contributed by atoms with Crippen LogP contribution in [0, 0.1) is 5.92 Å². The van der Waals surface area contributed by atoms with Crippen LogP contribution in [0.25, 0.3) is 0 Å². The quantitative estimate of drug-likeness (QED) is 0.530. The lowest BCUT2D eigenvalue weighted by Gasteiger charge is -2.35. The second-order valence-electron chi connectivity index (χ2n) is 5.90. The molecule has 0 aliphatic heterocycles. The third-order valence-electron chi connectivity index (χ3n) is 4.90. The smallest absolute Gasteiger partial charge is 0.501 e. The molecule has 0 aliphatic rings. The van der Waals surface area contributed by atoms with E-state index in [1.807, 2.05) is 6.92 Å². The van der Waals surface area contributed by atoms with Crippen LogP contribution in [0.3, 0.4) is 0 Å². The Kier molecular flexibility index (Phi) is 9.72. The molecule has 0 aromatic carbocycles. The predicted molar refractivity (Wildman–Crippen MR) is 93.3 cm³/mol. The van der Waals surface area contributed by atoms with Gasteiger partial charge in [-0.3, -0.25) is 4.79 Å². The van der Waals surface area contributed by atoms with Crippen LogP contribution >= 0.6 is 0 Å². The molecule has 0 rings (SSSR count). The molecule has 0 saturated heterocycles. The summed E-state index contributed by atoms with van der Waals surface area (Å²) in [7, 11) is -0.106. The summed E-state index contributed by atoms with van der Waals surface area (Å²) in [5, 5.41) is 0. The first-order valence-corrected chi connectivity index (χ1v) is 12.5. The molecule has 2 unspecified atom stereocenters. The van der Waals surface area contributed by atoms with Crippen LogP contribution in [0.1, 0.15) is 41.0 Å². The van der Waals surface area contributed by atoms with Gasteiger partial charge in [0.15, 0.2) is 0 Å². The first kappa shape index (κ1) is 21.8. The van der Waals surface area contributed by atoms with E-state index in [0.717, 1.165) is 18.5 Å². The van der Waals surface area contributed by atoms with Gasteiger partial charge in [0.25, 0.3) is 14.3 Å². The lowest BCUT2D eigenvalue weighted by atomic mass is 10.2. The maximum atomic E-state index is 12.6. The minimum absolute atomic E-state index is 0.140. The maximum Gasteiger partial charge on any atom is 0.501 e. The Morgan fingerprint density at radius 3 is 1.73 bits per heavy atom. The van der Waals surface area contributed by atoms with Crippen LogP contribution in [0.15, 0.2) is 0 Å². The number of hydrogen-bond acceptors (Lipinski definition) is 5. The molecule has 22 heavy (non-hydrogen) atoms. The molecule has 0 spiro atoms. The fourth-order valence-corrected chi connectivity index (χ4v) is 8.47. The second kappa shape index (κ2) is 9.82. The van der Waals surface area contributed by atoms with Crippen LogP contribution < -0.4 is 0 Å². The van der Waals surface area contributed by atoms with Crippen molar-refractivity contribution in [2.75, 3.05) is 21.3 Å². The summed E-state index contributed by atoms with van der Waals surface area (Å²) in [4.78, 5) is 12.6. The molecule has 0 fully saturated rings. The predicted octanol–water partition coefficient (Wildman–Crippen LogP) is 3.83. The first-order chi connectivity index (χ1) is 10.3. The van der Waals surface area contributed by atoms with E-state index in [-0.39, 0.29) is 11.9 Å². The van der Waals surface area contributed by atoms with Crippen LogP contribution in [-0.4, -0.2) is 44.4 Å². The van der Waals surface area contributed by atoms with E-state index in [1.165, 1.54) is 0 Å². The third-order valence-corrected chi connectivity index (χ3v) is 13.1. The van der Waals surface area contributed by atoms with E-state index < -0.39 is 17.1 Å². The molecule has 0 aromatic heterocycles. The van der Waals surface area contributed by atoms with Gasteiger partial charge in [0, 0.05) is 27.4 Å². The van der Waals surface area contributed by atoms with Gasteiger partial charge in [0.05, 0.1) is 5.92 Å². The minimum Gasteiger partial charge on any atom is -0.519 e. The maximum absolute atomic E-state index is 12.6. The monoisotopic (exact) mass is 350 g/mol. The van der Waals surface area contributed by atoms with Gasteiger partial charge in [-0.05, 0) is 17.6 Å². The van der Waals surface area contributed by atoms with E-state index in [2.05, 4.69) is 27.7 Å². The average molecular weight is 351 g/mol. The molecule has 0 N–H and O–H groups in total. The summed E-state index contributed by atoms with van der Waals surface area (Å²) in [5.74, 6) is -0.431. The zero-order valence-electron chi connectivity index (χ0n) is 15.5. The Hall–Kier alpha value is -0.216. The van der Waals surface area contributed by atoms with Crippen LogP contribution in [0.2, 0.25) is 23.7 Å². The average Bonchev–Trinajstić information content (AvgIpc) is 2.56. The molecule has 0 amide bonds. The van der Waals surface area contributed by atoms with Gasteiger partial charge in [0.1, 0.15) is 0 Å². The lowest BCUT2D eigenvalue weighted by molar-refractivity contribution is -0.139. The van der Waals surface area contributed by atoms with Crippen LogP contribution in [0.4, 0.5) is 0 Å². The van der Waals surface area contributed by atoms with E-state index in [1.54, 1.807) is 21.3 Å². The molecule has 0 aromatic rings. The number of hydrogen-bond donors (Lipinski definition) is 0. The van der Waals surface area contributed by atoms with Crippen molar-refractivity contribution in [2.24, 2.45) is 5.92 Å². The van der Waals surface area contributed by atoms with Gasteiger partial charge in [-0.15, -0.1) is 0 Å². The summed E-state index contributed by atoms with van der Waals surface area (Å²) in [5.41, 5.74) is 0.466. The highest BCUT2D eigenvalue weighted by Crippen LogP contribution is 2.34. The Balaban J connectivity index is 5.02. The van der Waals surface area contributed by atoms with E-state index in [4.69, 9.17) is 17.7 Å². The van der Waals surface area contributed by atoms with Crippen molar-refractivity contribution >= 4 is 23.1 Å². The Bertz CT molecular complexity index is 322. The van der Waals surface area contributed by atoms with Crippen molar-refractivity contribution < 1.29 is 22.5 Å². The molecule has 0 heterocycles. The largest absolute Gasteiger partial charge is 0.519 e. The van der Waals surface area contributed by atoms with Crippen molar-refractivity contribution in [2.45, 2.75) is 64.7 Å². The highest BCUT2D eigenvalue weighted by molar-refractivity contribution is 6.76. The molecular formula is C15H34O5Si2. The standard InChI is InChI=1S/C15H34O5Si2/c1-9-14(5)21(10-2,11-3)20-15(16)13(4)12-22(17-6,18-7)19-8/h13-14H,9-12H2,1-8H3. The molecule has 2 atom stereocenters. The topological polar surface area (TPSA) is 54.0 Å². The first-order valence-electron chi connectivity index (χ1n) is 8.18. The summed E-state index contributed by atoms with van der Waals surface area (Å²) < 4.78 is 22.3. The van der Waals surface area contributed by atoms with Crippen molar-refractivity contribution in [1.82, 2.24) is 0 Å². The van der Waals surface area contributed by atoms with Crippen LogP contribution in [0.5, 0.6) is 0 Å². The Morgan fingerprint density at radius 2 is 1.41 bits per heavy atom. The summed E-state index contributed by atoms with van der Waals surface area (Å²) >= 11 is 0.